The Bertz CT molecular complexity index is 398. The lowest BCUT2D eigenvalue weighted by atomic mass is 10.2. The predicted molar refractivity (Wildman–Crippen MR) is 67.9 cm³/mol. The normalized spacial score (nSPS) is 11.6. The highest BCUT2D eigenvalue weighted by Gasteiger charge is 2.14. The molecule has 1 rings (SSSR count). The van der Waals surface area contributed by atoms with E-state index in [1.165, 1.54) is 0 Å². The van der Waals surface area contributed by atoms with E-state index >= 15 is 0 Å². The topological polar surface area (TPSA) is 104 Å². The van der Waals surface area contributed by atoms with E-state index in [0.29, 0.717) is 31.1 Å². The molecule has 7 heteroatoms. The molecule has 18 heavy (non-hydrogen) atoms. The summed E-state index contributed by atoms with van der Waals surface area (Å²) < 4.78 is 5.01. The zero-order valence-corrected chi connectivity index (χ0v) is 10.3. The van der Waals surface area contributed by atoms with Gasteiger partial charge in [0.1, 0.15) is 5.69 Å². The second kappa shape index (κ2) is 7.46. The van der Waals surface area contributed by atoms with Gasteiger partial charge in [-0.3, -0.25) is 4.98 Å². The average molecular weight is 254 g/mol. The quantitative estimate of drug-likeness (QED) is 0.265. The Balaban J connectivity index is 3.02. The van der Waals surface area contributed by atoms with Crippen LogP contribution in [-0.2, 0) is 4.74 Å². The van der Waals surface area contributed by atoms with E-state index in [-0.39, 0.29) is 12.4 Å². The first-order chi connectivity index (χ1) is 8.74. The van der Waals surface area contributed by atoms with Gasteiger partial charge in [-0.25, -0.2) is 0 Å². The van der Waals surface area contributed by atoms with E-state index in [1.54, 1.807) is 25.4 Å². The standard InChI is InChI=1S/C11H18N4O3/c1-18-8-6-15(5-7-16)9-3-2-4-13-10(9)11(12)14-17/h2-4,16-17H,5-8H2,1H3,(H2,12,14). The van der Waals surface area contributed by atoms with Gasteiger partial charge in [-0.05, 0) is 12.1 Å². The Hall–Kier alpha value is -1.86. The minimum atomic E-state index is -0.0639. The monoisotopic (exact) mass is 254 g/mol. The van der Waals surface area contributed by atoms with Gasteiger partial charge in [0, 0.05) is 26.4 Å². The van der Waals surface area contributed by atoms with Crippen molar-refractivity contribution in [2.45, 2.75) is 0 Å². The fourth-order valence-electron chi connectivity index (χ4n) is 1.57. The van der Waals surface area contributed by atoms with E-state index in [2.05, 4.69) is 10.1 Å². The molecule has 0 aliphatic heterocycles. The van der Waals surface area contributed by atoms with Gasteiger partial charge in [0.05, 0.1) is 18.9 Å². The lowest BCUT2D eigenvalue weighted by Gasteiger charge is -2.25. The van der Waals surface area contributed by atoms with E-state index in [1.807, 2.05) is 4.90 Å². The number of nitrogens with two attached hydrogens (primary N) is 1. The lowest BCUT2D eigenvalue weighted by Crippen LogP contribution is -2.32. The van der Waals surface area contributed by atoms with Crippen molar-refractivity contribution in [2.75, 3.05) is 38.3 Å². The number of amidine groups is 1. The summed E-state index contributed by atoms with van der Waals surface area (Å²) in [5.74, 6) is -0.0639. The van der Waals surface area contributed by atoms with Gasteiger partial charge >= 0.3 is 0 Å². The molecular formula is C11H18N4O3. The van der Waals surface area contributed by atoms with Crippen LogP contribution in [0.3, 0.4) is 0 Å². The summed E-state index contributed by atoms with van der Waals surface area (Å²) in [6.45, 7) is 1.49. The molecule has 0 aromatic carbocycles. The molecule has 1 aromatic heterocycles. The molecule has 0 aliphatic rings. The molecule has 0 radical (unpaired) electrons. The van der Waals surface area contributed by atoms with Gasteiger partial charge in [-0.1, -0.05) is 5.16 Å². The van der Waals surface area contributed by atoms with Gasteiger partial charge in [-0.2, -0.15) is 0 Å². The second-order valence-corrected chi connectivity index (χ2v) is 3.56. The molecule has 0 atom stereocenters. The Kier molecular flexibility index (Phi) is 5.89. The van der Waals surface area contributed by atoms with Gasteiger partial charge in [-0.15, -0.1) is 0 Å². The van der Waals surface area contributed by atoms with Crippen LogP contribution in [-0.4, -0.2) is 54.5 Å². The van der Waals surface area contributed by atoms with Crippen molar-refractivity contribution in [1.82, 2.24) is 4.98 Å². The zero-order valence-electron chi connectivity index (χ0n) is 10.3. The van der Waals surface area contributed by atoms with Crippen LogP contribution >= 0.6 is 0 Å². The van der Waals surface area contributed by atoms with Crippen molar-refractivity contribution in [3.63, 3.8) is 0 Å². The largest absolute Gasteiger partial charge is 0.409 e. The third-order valence-corrected chi connectivity index (χ3v) is 2.41. The number of nitrogens with zero attached hydrogens (tertiary/aromatic N) is 3. The third kappa shape index (κ3) is 3.57. The molecule has 4 N–H and O–H groups in total. The van der Waals surface area contributed by atoms with Crippen LogP contribution in [0.4, 0.5) is 5.69 Å². The number of aromatic nitrogens is 1. The van der Waals surface area contributed by atoms with Crippen molar-refractivity contribution in [1.29, 1.82) is 0 Å². The maximum absolute atomic E-state index is 9.07. The summed E-state index contributed by atoms with van der Waals surface area (Å²) in [6, 6.07) is 3.55. The summed E-state index contributed by atoms with van der Waals surface area (Å²) in [5.41, 5.74) is 6.65. The number of aliphatic hydroxyl groups is 1. The fourth-order valence-corrected chi connectivity index (χ4v) is 1.57. The van der Waals surface area contributed by atoms with Gasteiger partial charge in [0.2, 0.25) is 0 Å². The second-order valence-electron chi connectivity index (χ2n) is 3.56. The number of oxime groups is 1. The van der Waals surface area contributed by atoms with E-state index < -0.39 is 0 Å². The Morgan fingerprint density at radius 2 is 2.33 bits per heavy atom. The molecule has 0 bridgehead atoms. The average Bonchev–Trinajstić information content (AvgIpc) is 2.42. The third-order valence-electron chi connectivity index (χ3n) is 2.41. The smallest absolute Gasteiger partial charge is 0.190 e. The fraction of sp³-hybridized carbons (Fsp3) is 0.455. The number of ether oxygens (including phenoxy) is 1. The maximum Gasteiger partial charge on any atom is 0.190 e. The molecule has 0 unspecified atom stereocenters. The van der Waals surface area contributed by atoms with E-state index in [4.69, 9.17) is 20.8 Å². The highest BCUT2D eigenvalue weighted by molar-refractivity contribution is 6.00. The zero-order chi connectivity index (χ0) is 13.4. The number of aliphatic hydroxyl groups excluding tert-OH is 1. The van der Waals surface area contributed by atoms with Gasteiger partial charge in [0.25, 0.3) is 0 Å². The molecule has 0 fully saturated rings. The molecule has 1 heterocycles. The molecule has 100 valence electrons. The summed E-state index contributed by atoms with van der Waals surface area (Å²) in [6.07, 6.45) is 1.56. The van der Waals surface area contributed by atoms with Crippen molar-refractivity contribution in [2.24, 2.45) is 10.9 Å². The number of methoxy groups -OCH3 is 1. The number of hydrogen-bond donors (Lipinski definition) is 3. The lowest BCUT2D eigenvalue weighted by molar-refractivity contribution is 0.203. The van der Waals surface area contributed by atoms with Crippen LogP contribution in [0.25, 0.3) is 0 Å². The highest BCUT2D eigenvalue weighted by atomic mass is 16.5. The summed E-state index contributed by atoms with van der Waals surface area (Å²) in [5, 5.41) is 20.8. The first-order valence-electron chi connectivity index (χ1n) is 5.52. The SMILES string of the molecule is COCCN(CCO)c1cccnc1/C(N)=N/O. The van der Waals surface area contributed by atoms with Crippen LogP contribution in [0.2, 0.25) is 0 Å². The molecule has 0 spiro atoms. The van der Waals surface area contributed by atoms with E-state index in [9.17, 15) is 0 Å². The van der Waals surface area contributed by atoms with Crippen LogP contribution in [0, 0.1) is 0 Å². The van der Waals surface area contributed by atoms with Crippen molar-refractivity contribution >= 4 is 11.5 Å². The Morgan fingerprint density at radius 1 is 1.56 bits per heavy atom. The first-order valence-corrected chi connectivity index (χ1v) is 5.52. The molecule has 0 aliphatic carbocycles. The first kappa shape index (κ1) is 14.2. The van der Waals surface area contributed by atoms with Crippen molar-refractivity contribution in [3.8, 4) is 0 Å². The minimum Gasteiger partial charge on any atom is -0.409 e. The van der Waals surface area contributed by atoms with Crippen molar-refractivity contribution in [3.05, 3.63) is 24.0 Å². The predicted octanol–water partition coefficient (Wildman–Crippen LogP) is -0.379. The van der Waals surface area contributed by atoms with Gasteiger partial charge in [0.15, 0.2) is 5.84 Å². The Morgan fingerprint density at radius 3 is 2.94 bits per heavy atom. The molecular weight excluding hydrogens is 236 g/mol. The highest BCUT2D eigenvalue weighted by Crippen LogP contribution is 2.17. The van der Waals surface area contributed by atoms with Crippen LogP contribution in [0.5, 0.6) is 0 Å². The molecule has 7 nitrogen and oxygen atoms in total. The summed E-state index contributed by atoms with van der Waals surface area (Å²) >= 11 is 0. The molecule has 1 aromatic rings. The van der Waals surface area contributed by atoms with Gasteiger partial charge < -0.3 is 25.7 Å². The number of hydrogen-bond acceptors (Lipinski definition) is 6. The molecule has 0 saturated carbocycles. The Labute approximate surface area is 105 Å². The number of pyridine rings is 1. The minimum absolute atomic E-state index is 0.00573. The van der Waals surface area contributed by atoms with E-state index in [0.717, 1.165) is 0 Å². The maximum atomic E-state index is 9.07. The van der Waals surface area contributed by atoms with Crippen LogP contribution in [0.1, 0.15) is 5.69 Å². The van der Waals surface area contributed by atoms with Crippen LogP contribution < -0.4 is 10.6 Å². The van der Waals surface area contributed by atoms with Crippen LogP contribution in [0.15, 0.2) is 23.5 Å². The number of anilines is 1. The molecule has 0 amide bonds. The van der Waals surface area contributed by atoms with Crippen molar-refractivity contribution < 1.29 is 15.1 Å². The summed E-state index contributed by atoms with van der Waals surface area (Å²) in [4.78, 5) is 5.95. The molecule has 0 saturated heterocycles. The summed E-state index contributed by atoms with van der Waals surface area (Å²) in [7, 11) is 1.60. The number of rotatable bonds is 7.